The van der Waals surface area contributed by atoms with Crippen molar-refractivity contribution in [2.45, 2.75) is 12.0 Å². The lowest BCUT2D eigenvalue weighted by Crippen LogP contribution is -2.55. The number of aliphatic hydroxyl groups is 1. The molecular weight excluding hydrogens is 437 g/mol. The van der Waals surface area contributed by atoms with Crippen molar-refractivity contribution in [3.8, 4) is 0 Å². The number of halogens is 1. The number of piperazine rings is 1. The summed E-state index contributed by atoms with van der Waals surface area (Å²) >= 11 is 1.82. The molecule has 1 atom stereocenters. The molecular formula is C16H26IN5OS. The molecule has 0 spiro atoms. The largest absolute Gasteiger partial charge is 0.387 e. The van der Waals surface area contributed by atoms with Crippen LogP contribution < -0.4 is 10.2 Å². The average Bonchev–Trinajstić information content (AvgIpc) is 3.04. The number of rotatable bonds is 3. The molecule has 2 aliphatic rings. The molecule has 0 radical (unpaired) electrons. The standard InChI is InChI=1S/C16H25N5OS.HI/c1-17-15(19-12-16(22)5-11-23-13-16)21-9-7-20(8-10-21)14-4-2-3-6-18-14;/h2-4,6,22H,5,7-13H2,1H3,(H,17,19);1H. The SMILES string of the molecule is CN=C(NCC1(O)CCSC1)N1CCN(c2ccccn2)CC1.I. The van der Waals surface area contributed by atoms with Crippen molar-refractivity contribution in [1.82, 2.24) is 15.2 Å². The molecule has 0 aliphatic carbocycles. The highest BCUT2D eigenvalue weighted by Gasteiger charge is 2.32. The van der Waals surface area contributed by atoms with E-state index >= 15 is 0 Å². The van der Waals surface area contributed by atoms with Gasteiger partial charge in [-0.1, -0.05) is 6.07 Å². The number of pyridine rings is 1. The summed E-state index contributed by atoms with van der Waals surface area (Å²) in [5.74, 6) is 3.77. The summed E-state index contributed by atoms with van der Waals surface area (Å²) in [7, 11) is 1.81. The van der Waals surface area contributed by atoms with Crippen molar-refractivity contribution in [3.63, 3.8) is 0 Å². The Labute approximate surface area is 165 Å². The number of hydrogen-bond donors (Lipinski definition) is 2. The molecule has 0 saturated carbocycles. The van der Waals surface area contributed by atoms with E-state index in [2.05, 4.69) is 31.2 Å². The predicted molar refractivity (Wildman–Crippen MR) is 112 cm³/mol. The number of guanidine groups is 1. The number of nitrogens with zero attached hydrogens (tertiary/aromatic N) is 4. The van der Waals surface area contributed by atoms with Gasteiger partial charge in [-0.25, -0.2) is 4.98 Å². The quantitative estimate of drug-likeness (QED) is 0.400. The van der Waals surface area contributed by atoms with Crippen molar-refractivity contribution in [3.05, 3.63) is 24.4 Å². The van der Waals surface area contributed by atoms with E-state index in [-0.39, 0.29) is 24.0 Å². The molecule has 2 fully saturated rings. The molecule has 2 aliphatic heterocycles. The van der Waals surface area contributed by atoms with Gasteiger partial charge in [0.15, 0.2) is 5.96 Å². The van der Waals surface area contributed by atoms with Gasteiger partial charge in [0.25, 0.3) is 0 Å². The fourth-order valence-electron chi connectivity index (χ4n) is 3.00. The smallest absolute Gasteiger partial charge is 0.193 e. The highest BCUT2D eigenvalue weighted by Crippen LogP contribution is 2.27. The first-order chi connectivity index (χ1) is 11.2. The topological polar surface area (TPSA) is 64.0 Å². The van der Waals surface area contributed by atoms with Gasteiger partial charge in [0, 0.05) is 51.7 Å². The van der Waals surface area contributed by atoms with Gasteiger partial charge < -0.3 is 20.2 Å². The maximum Gasteiger partial charge on any atom is 0.193 e. The van der Waals surface area contributed by atoms with Crippen LogP contribution in [0, 0.1) is 0 Å². The third kappa shape index (κ3) is 4.89. The number of anilines is 1. The molecule has 1 unspecified atom stereocenters. The van der Waals surface area contributed by atoms with Crippen LogP contribution in [0.15, 0.2) is 29.4 Å². The maximum atomic E-state index is 10.5. The molecule has 1 aromatic heterocycles. The Morgan fingerprint density at radius 1 is 1.38 bits per heavy atom. The van der Waals surface area contributed by atoms with Crippen LogP contribution in [-0.4, -0.2) is 77.8 Å². The number of thioether (sulfide) groups is 1. The molecule has 0 amide bonds. The average molecular weight is 463 g/mol. The number of hydrogen-bond acceptors (Lipinski definition) is 5. The second kappa shape index (κ2) is 9.10. The number of nitrogens with one attached hydrogen (secondary N) is 1. The van der Waals surface area contributed by atoms with E-state index in [1.807, 2.05) is 30.1 Å². The lowest BCUT2D eigenvalue weighted by Gasteiger charge is -2.37. The van der Waals surface area contributed by atoms with Crippen LogP contribution in [-0.2, 0) is 0 Å². The summed E-state index contributed by atoms with van der Waals surface area (Å²) in [6.07, 6.45) is 2.69. The number of aromatic nitrogens is 1. The van der Waals surface area contributed by atoms with Crippen molar-refractivity contribution in [2.75, 3.05) is 56.2 Å². The van der Waals surface area contributed by atoms with Gasteiger partial charge in [-0.05, 0) is 24.3 Å². The van der Waals surface area contributed by atoms with Crippen molar-refractivity contribution in [1.29, 1.82) is 0 Å². The molecule has 134 valence electrons. The highest BCUT2D eigenvalue weighted by molar-refractivity contribution is 14.0. The Hall–Kier alpha value is -0.740. The molecule has 3 heterocycles. The monoisotopic (exact) mass is 463 g/mol. The fourth-order valence-corrected chi connectivity index (χ4v) is 4.29. The van der Waals surface area contributed by atoms with Gasteiger partial charge >= 0.3 is 0 Å². The highest BCUT2D eigenvalue weighted by atomic mass is 127. The lowest BCUT2D eigenvalue weighted by molar-refractivity contribution is 0.0716. The van der Waals surface area contributed by atoms with Crippen LogP contribution in [0.2, 0.25) is 0 Å². The van der Waals surface area contributed by atoms with Crippen LogP contribution in [0.1, 0.15) is 6.42 Å². The summed E-state index contributed by atoms with van der Waals surface area (Å²) in [6.45, 7) is 4.25. The Bertz CT molecular complexity index is 531. The number of aliphatic imine (C=N–C) groups is 1. The normalized spacial score (nSPS) is 24.7. The Balaban J connectivity index is 0.00000208. The molecule has 24 heavy (non-hydrogen) atoms. The van der Waals surface area contributed by atoms with Crippen molar-refractivity contribution >= 4 is 47.5 Å². The summed E-state index contributed by atoms with van der Waals surface area (Å²) in [5, 5.41) is 13.8. The molecule has 6 nitrogen and oxygen atoms in total. The van der Waals surface area contributed by atoms with Gasteiger partial charge in [0.05, 0.1) is 5.60 Å². The van der Waals surface area contributed by atoms with E-state index in [0.29, 0.717) is 6.54 Å². The van der Waals surface area contributed by atoms with Crippen LogP contribution in [0.4, 0.5) is 5.82 Å². The second-order valence-corrected chi connectivity index (χ2v) is 7.19. The maximum absolute atomic E-state index is 10.5. The van der Waals surface area contributed by atoms with E-state index < -0.39 is 5.60 Å². The molecule has 0 bridgehead atoms. The molecule has 2 saturated heterocycles. The first kappa shape index (κ1) is 19.6. The van der Waals surface area contributed by atoms with Crippen LogP contribution >= 0.6 is 35.7 Å². The zero-order valence-corrected chi connectivity index (χ0v) is 17.2. The van der Waals surface area contributed by atoms with E-state index in [9.17, 15) is 5.11 Å². The minimum Gasteiger partial charge on any atom is -0.387 e. The van der Waals surface area contributed by atoms with E-state index in [4.69, 9.17) is 0 Å². The Morgan fingerprint density at radius 2 is 2.17 bits per heavy atom. The lowest BCUT2D eigenvalue weighted by atomic mass is 10.0. The molecule has 2 N–H and O–H groups in total. The van der Waals surface area contributed by atoms with Crippen molar-refractivity contribution in [2.24, 2.45) is 4.99 Å². The summed E-state index contributed by atoms with van der Waals surface area (Å²) in [6, 6.07) is 6.02. The van der Waals surface area contributed by atoms with Crippen LogP contribution in [0.3, 0.4) is 0 Å². The zero-order valence-electron chi connectivity index (χ0n) is 14.0. The third-order valence-corrected chi connectivity index (χ3v) is 5.66. The Morgan fingerprint density at radius 3 is 2.75 bits per heavy atom. The summed E-state index contributed by atoms with van der Waals surface area (Å²) in [5.41, 5.74) is -0.587. The molecule has 3 rings (SSSR count). The Kier molecular flexibility index (Phi) is 7.42. The predicted octanol–water partition coefficient (Wildman–Crippen LogP) is 1.26. The van der Waals surface area contributed by atoms with Gasteiger partial charge in [-0.3, -0.25) is 4.99 Å². The summed E-state index contributed by atoms with van der Waals surface area (Å²) in [4.78, 5) is 13.3. The minimum atomic E-state index is -0.587. The van der Waals surface area contributed by atoms with Gasteiger partial charge in [0.1, 0.15) is 5.82 Å². The van der Waals surface area contributed by atoms with E-state index in [1.54, 1.807) is 7.05 Å². The fraction of sp³-hybridized carbons (Fsp3) is 0.625. The van der Waals surface area contributed by atoms with Gasteiger partial charge in [-0.15, -0.1) is 24.0 Å². The minimum absolute atomic E-state index is 0. The second-order valence-electron chi connectivity index (χ2n) is 6.09. The van der Waals surface area contributed by atoms with E-state index in [1.165, 1.54) is 0 Å². The van der Waals surface area contributed by atoms with Crippen LogP contribution in [0.5, 0.6) is 0 Å². The zero-order chi connectivity index (χ0) is 16.1. The first-order valence-corrected chi connectivity index (χ1v) is 9.27. The summed E-state index contributed by atoms with van der Waals surface area (Å²) < 4.78 is 0. The van der Waals surface area contributed by atoms with Gasteiger partial charge in [0.2, 0.25) is 0 Å². The molecule has 1 aromatic rings. The van der Waals surface area contributed by atoms with E-state index in [0.717, 1.165) is 55.9 Å². The van der Waals surface area contributed by atoms with Gasteiger partial charge in [-0.2, -0.15) is 11.8 Å². The van der Waals surface area contributed by atoms with Crippen molar-refractivity contribution < 1.29 is 5.11 Å². The van der Waals surface area contributed by atoms with Crippen LogP contribution in [0.25, 0.3) is 0 Å². The molecule has 8 heteroatoms. The molecule has 0 aromatic carbocycles. The first-order valence-electron chi connectivity index (χ1n) is 8.12. The third-order valence-electron chi connectivity index (χ3n) is 4.42.